The molecule has 0 unspecified atom stereocenters. The van der Waals surface area contributed by atoms with Crippen LogP contribution in [0.5, 0.6) is 0 Å². The van der Waals surface area contributed by atoms with Crippen LogP contribution in [0.15, 0.2) is 35.7 Å². The molecule has 7 heteroatoms. The van der Waals surface area contributed by atoms with Gasteiger partial charge in [-0.15, -0.1) is 11.3 Å². The van der Waals surface area contributed by atoms with Crippen molar-refractivity contribution in [1.29, 1.82) is 0 Å². The van der Waals surface area contributed by atoms with E-state index in [2.05, 4.69) is 5.32 Å². The molecule has 122 valence electrons. The van der Waals surface area contributed by atoms with Gasteiger partial charge in [0.05, 0.1) is 15.7 Å². The predicted molar refractivity (Wildman–Crippen MR) is 93.3 cm³/mol. The molecule has 2 rings (SSSR count). The molecule has 0 aliphatic heterocycles. The predicted octanol–water partition coefficient (Wildman–Crippen LogP) is 4.56. The summed E-state index contributed by atoms with van der Waals surface area (Å²) in [4.78, 5) is 24.6. The molecule has 0 saturated carbocycles. The van der Waals surface area contributed by atoms with E-state index in [0.29, 0.717) is 17.1 Å². The van der Waals surface area contributed by atoms with Gasteiger partial charge in [0, 0.05) is 11.3 Å². The number of amides is 1. The Bertz CT molecular complexity index is 674. The zero-order valence-electron chi connectivity index (χ0n) is 12.2. The van der Waals surface area contributed by atoms with Gasteiger partial charge in [-0.25, -0.2) is 0 Å². The number of thiophene rings is 1. The summed E-state index contributed by atoms with van der Waals surface area (Å²) in [5, 5.41) is 5.15. The van der Waals surface area contributed by atoms with Crippen molar-refractivity contribution in [1.82, 2.24) is 0 Å². The van der Waals surface area contributed by atoms with E-state index in [4.69, 9.17) is 27.9 Å². The Kier molecular flexibility index (Phi) is 6.89. The maximum absolute atomic E-state index is 11.8. The number of nitrogens with one attached hydrogen (secondary N) is 1. The van der Waals surface area contributed by atoms with Crippen molar-refractivity contribution in [2.75, 3.05) is 11.9 Å². The van der Waals surface area contributed by atoms with E-state index in [1.165, 1.54) is 4.88 Å². The first-order valence-electron chi connectivity index (χ1n) is 6.98. The Morgan fingerprint density at radius 3 is 2.74 bits per heavy atom. The van der Waals surface area contributed by atoms with Gasteiger partial charge in [0.15, 0.2) is 6.61 Å². The maximum atomic E-state index is 11.8. The highest BCUT2D eigenvalue weighted by atomic mass is 35.5. The SMILES string of the molecule is O=C(COC(=O)CCCc1cccs1)Nc1cccc(Cl)c1Cl. The highest BCUT2D eigenvalue weighted by molar-refractivity contribution is 7.09. The Morgan fingerprint density at radius 2 is 2.00 bits per heavy atom. The molecule has 0 atom stereocenters. The number of benzene rings is 1. The number of aryl methyl sites for hydroxylation is 1. The molecule has 0 aliphatic carbocycles. The Balaban J connectivity index is 1.69. The van der Waals surface area contributed by atoms with Crippen LogP contribution in [0.4, 0.5) is 5.69 Å². The van der Waals surface area contributed by atoms with Crippen LogP contribution in [-0.4, -0.2) is 18.5 Å². The summed E-state index contributed by atoms with van der Waals surface area (Å²) in [5.74, 6) is -0.852. The molecule has 0 radical (unpaired) electrons. The highest BCUT2D eigenvalue weighted by Gasteiger charge is 2.11. The number of ether oxygens (including phenoxy) is 1. The minimum Gasteiger partial charge on any atom is -0.456 e. The molecule has 1 amide bonds. The van der Waals surface area contributed by atoms with E-state index >= 15 is 0 Å². The van der Waals surface area contributed by atoms with Gasteiger partial charge in [-0.2, -0.15) is 0 Å². The van der Waals surface area contributed by atoms with Crippen LogP contribution in [0, 0.1) is 0 Å². The molecule has 1 heterocycles. The topological polar surface area (TPSA) is 55.4 Å². The van der Waals surface area contributed by atoms with Crippen LogP contribution in [0.1, 0.15) is 17.7 Å². The zero-order valence-corrected chi connectivity index (χ0v) is 14.5. The summed E-state index contributed by atoms with van der Waals surface area (Å²) in [6.07, 6.45) is 1.81. The van der Waals surface area contributed by atoms with Crippen molar-refractivity contribution in [3.63, 3.8) is 0 Å². The Labute approximate surface area is 148 Å². The molecule has 2 aromatic rings. The van der Waals surface area contributed by atoms with E-state index in [0.717, 1.165) is 6.42 Å². The third-order valence-corrected chi connectivity index (χ3v) is 4.73. The molecular formula is C16H15Cl2NO3S. The fraction of sp³-hybridized carbons (Fsp3) is 0.250. The van der Waals surface area contributed by atoms with Gasteiger partial charge < -0.3 is 10.1 Å². The molecule has 0 bridgehead atoms. The van der Waals surface area contributed by atoms with Crippen molar-refractivity contribution in [3.8, 4) is 0 Å². The molecule has 23 heavy (non-hydrogen) atoms. The average Bonchev–Trinajstić information content (AvgIpc) is 3.03. The number of rotatable bonds is 7. The van der Waals surface area contributed by atoms with Gasteiger partial charge in [-0.3, -0.25) is 9.59 Å². The van der Waals surface area contributed by atoms with Crippen LogP contribution in [-0.2, 0) is 20.7 Å². The number of carbonyl (C=O) groups is 2. The van der Waals surface area contributed by atoms with Crippen LogP contribution >= 0.6 is 34.5 Å². The quantitative estimate of drug-likeness (QED) is 0.725. The molecular weight excluding hydrogens is 357 g/mol. The second-order valence-corrected chi connectivity index (χ2v) is 6.56. The Morgan fingerprint density at radius 1 is 1.17 bits per heavy atom. The van der Waals surface area contributed by atoms with Gasteiger partial charge in [0.1, 0.15) is 0 Å². The molecule has 4 nitrogen and oxygen atoms in total. The molecule has 1 aromatic heterocycles. The third kappa shape index (κ3) is 5.86. The summed E-state index contributed by atoms with van der Waals surface area (Å²) < 4.78 is 4.94. The molecule has 0 fully saturated rings. The number of esters is 1. The normalized spacial score (nSPS) is 10.3. The second kappa shape index (κ2) is 8.91. The molecule has 0 spiro atoms. The van der Waals surface area contributed by atoms with Crippen LogP contribution in [0.3, 0.4) is 0 Å². The lowest BCUT2D eigenvalue weighted by molar-refractivity contribution is -0.147. The fourth-order valence-electron chi connectivity index (χ4n) is 1.87. The van der Waals surface area contributed by atoms with E-state index in [9.17, 15) is 9.59 Å². The van der Waals surface area contributed by atoms with E-state index in [-0.39, 0.29) is 18.1 Å². The number of anilines is 1. The first-order chi connectivity index (χ1) is 11.1. The lowest BCUT2D eigenvalue weighted by Gasteiger charge is -2.08. The second-order valence-electron chi connectivity index (χ2n) is 4.74. The average molecular weight is 372 g/mol. The first kappa shape index (κ1) is 17.8. The van der Waals surface area contributed by atoms with Crippen molar-refractivity contribution in [2.24, 2.45) is 0 Å². The van der Waals surface area contributed by atoms with Gasteiger partial charge in [-0.1, -0.05) is 35.3 Å². The summed E-state index contributed by atoms with van der Waals surface area (Å²) in [5.41, 5.74) is 0.387. The lowest BCUT2D eigenvalue weighted by Crippen LogP contribution is -2.21. The van der Waals surface area contributed by atoms with E-state index in [1.807, 2.05) is 17.5 Å². The molecule has 0 saturated heterocycles. The number of halogens is 2. The van der Waals surface area contributed by atoms with Crippen molar-refractivity contribution >= 4 is 52.1 Å². The van der Waals surface area contributed by atoms with E-state index in [1.54, 1.807) is 29.5 Å². The van der Waals surface area contributed by atoms with Crippen molar-refractivity contribution < 1.29 is 14.3 Å². The standard InChI is InChI=1S/C16H15Cl2NO3S/c17-12-6-2-7-13(16(12)18)19-14(20)10-22-15(21)8-1-4-11-5-3-9-23-11/h2-3,5-7,9H,1,4,8,10H2,(H,19,20). The fourth-order valence-corrected chi connectivity index (χ4v) is 2.97. The van der Waals surface area contributed by atoms with Crippen molar-refractivity contribution in [2.45, 2.75) is 19.3 Å². The molecule has 1 aromatic carbocycles. The molecule has 0 aliphatic rings. The smallest absolute Gasteiger partial charge is 0.306 e. The number of hydrogen-bond acceptors (Lipinski definition) is 4. The summed E-state index contributed by atoms with van der Waals surface area (Å²) in [6.45, 7) is -0.347. The van der Waals surface area contributed by atoms with Gasteiger partial charge in [0.25, 0.3) is 5.91 Å². The summed E-state index contributed by atoms with van der Waals surface area (Å²) >= 11 is 13.5. The van der Waals surface area contributed by atoms with Gasteiger partial charge in [0.2, 0.25) is 0 Å². The summed E-state index contributed by atoms with van der Waals surface area (Å²) in [7, 11) is 0. The Hall–Kier alpha value is -1.56. The van der Waals surface area contributed by atoms with Gasteiger partial charge in [-0.05, 0) is 36.4 Å². The zero-order chi connectivity index (χ0) is 16.7. The summed E-state index contributed by atoms with van der Waals surface area (Å²) in [6, 6.07) is 8.91. The third-order valence-electron chi connectivity index (χ3n) is 2.97. The largest absolute Gasteiger partial charge is 0.456 e. The van der Waals surface area contributed by atoms with Crippen LogP contribution in [0.2, 0.25) is 10.0 Å². The first-order valence-corrected chi connectivity index (χ1v) is 8.61. The minimum absolute atomic E-state index is 0.254. The highest BCUT2D eigenvalue weighted by Crippen LogP contribution is 2.29. The van der Waals surface area contributed by atoms with Gasteiger partial charge >= 0.3 is 5.97 Å². The number of hydrogen-bond donors (Lipinski definition) is 1. The van der Waals surface area contributed by atoms with E-state index < -0.39 is 11.9 Å². The molecule has 1 N–H and O–H groups in total. The monoisotopic (exact) mass is 371 g/mol. The van der Waals surface area contributed by atoms with Crippen LogP contribution in [0.25, 0.3) is 0 Å². The van der Waals surface area contributed by atoms with Crippen LogP contribution < -0.4 is 5.32 Å². The lowest BCUT2D eigenvalue weighted by atomic mass is 10.2. The maximum Gasteiger partial charge on any atom is 0.306 e. The number of carbonyl (C=O) groups excluding carboxylic acids is 2. The minimum atomic E-state index is -0.458. The van der Waals surface area contributed by atoms with Crippen molar-refractivity contribution in [3.05, 3.63) is 50.6 Å².